The molecule has 1 aliphatic carbocycles. The molecule has 140 valence electrons. The Morgan fingerprint density at radius 3 is 2.69 bits per heavy atom. The van der Waals surface area contributed by atoms with Crippen molar-refractivity contribution in [3.63, 3.8) is 0 Å². The topological polar surface area (TPSA) is 29.9 Å². The molecule has 2 aliphatic rings. The SMILES string of the molecule is Fc1cc(CCC2NCCn3c(C4CC4)nc(I)c32)ccc1C(F)(F)F. The van der Waals surface area contributed by atoms with Crippen molar-refractivity contribution in [3.8, 4) is 0 Å². The van der Waals surface area contributed by atoms with E-state index in [9.17, 15) is 17.6 Å². The predicted octanol–water partition coefficient (Wildman–Crippen LogP) is 4.80. The molecule has 0 spiro atoms. The number of hydrogen-bond donors (Lipinski definition) is 1. The summed E-state index contributed by atoms with van der Waals surface area (Å²) in [4.78, 5) is 4.74. The summed E-state index contributed by atoms with van der Waals surface area (Å²) < 4.78 is 55.1. The molecule has 1 fully saturated rings. The van der Waals surface area contributed by atoms with Gasteiger partial charge in [0.05, 0.1) is 17.3 Å². The van der Waals surface area contributed by atoms with Gasteiger partial charge < -0.3 is 9.88 Å². The van der Waals surface area contributed by atoms with Gasteiger partial charge in [-0.2, -0.15) is 13.2 Å². The van der Waals surface area contributed by atoms with Gasteiger partial charge in [-0.05, 0) is 66.0 Å². The molecule has 4 rings (SSSR count). The van der Waals surface area contributed by atoms with E-state index in [0.29, 0.717) is 24.3 Å². The molecule has 26 heavy (non-hydrogen) atoms. The maximum Gasteiger partial charge on any atom is 0.419 e. The summed E-state index contributed by atoms with van der Waals surface area (Å²) in [7, 11) is 0. The van der Waals surface area contributed by atoms with Crippen molar-refractivity contribution >= 4 is 22.6 Å². The van der Waals surface area contributed by atoms with Gasteiger partial charge in [0.15, 0.2) is 0 Å². The van der Waals surface area contributed by atoms with Crippen LogP contribution in [0.4, 0.5) is 17.6 Å². The lowest BCUT2D eigenvalue weighted by atomic mass is 10.0. The van der Waals surface area contributed by atoms with E-state index in [4.69, 9.17) is 4.98 Å². The monoisotopic (exact) mass is 479 g/mol. The van der Waals surface area contributed by atoms with Crippen LogP contribution in [0.2, 0.25) is 0 Å². The van der Waals surface area contributed by atoms with E-state index in [1.165, 1.54) is 18.9 Å². The minimum atomic E-state index is -4.66. The minimum Gasteiger partial charge on any atom is -0.328 e. The van der Waals surface area contributed by atoms with Gasteiger partial charge in [-0.3, -0.25) is 0 Å². The lowest BCUT2D eigenvalue weighted by Crippen LogP contribution is -2.34. The Morgan fingerprint density at radius 1 is 1.27 bits per heavy atom. The number of nitrogens with one attached hydrogen (secondary N) is 1. The van der Waals surface area contributed by atoms with Crippen LogP contribution in [0.5, 0.6) is 0 Å². The van der Waals surface area contributed by atoms with Crippen molar-refractivity contribution in [1.82, 2.24) is 14.9 Å². The Morgan fingerprint density at radius 2 is 2.04 bits per heavy atom. The molecule has 1 aliphatic heterocycles. The molecule has 2 heterocycles. The second-order valence-electron chi connectivity index (χ2n) is 6.93. The first-order chi connectivity index (χ1) is 12.3. The van der Waals surface area contributed by atoms with E-state index < -0.39 is 17.6 Å². The van der Waals surface area contributed by atoms with Gasteiger partial charge in [-0.1, -0.05) is 6.07 Å². The van der Waals surface area contributed by atoms with Crippen LogP contribution in [0.15, 0.2) is 18.2 Å². The van der Waals surface area contributed by atoms with Crippen LogP contribution in [0.1, 0.15) is 53.9 Å². The van der Waals surface area contributed by atoms with Crippen molar-refractivity contribution in [1.29, 1.82) is 0 Å². The number of aromatic nitrogens is 2. The Labute approximate surface area is 162 Å². The van der Waals surface area contributed by atoms with Crippen molar-refractivity contribution < 1.29 is 17.6 Å². The molecule has 0 bridgehead atoms. The first kappa shape index (κ1) is 18.2. The Bertz CT molecular complexity index is 827. The number of halogens is 5. The molecule has 1 unspecified atom stereocenters. The number of aryl methyl sites for hydroxylation is 1. The fraction of sp³-hybridized carbons (Fsp3) is 0.500. The third kappa shape index (κ3) is 3.49. The van der Waals surface area contributed by atoms with Crippen LogP contribution in [-0.2, 0) is 19.1 Å². The lowest BCUT2D eigenvalue weighted by Gasteiger charge is -2.27. The van der Waals surface area contributed by atoms with E-state index in [0.717, 1.165) is 40.4 Å². The molecule has 1 atom stereocenters. The van der Waals surface area contributed by atoms with Crippen LogP contribution in [0.25, 0.3) is 0 Å². The number of imidazole rings is 1. The molecule has 1 saturated carbocycles. The highest BCUT2D eigenvalue weighted by Gasteiger charge is 2.35. The minimum absolute atomic E-state index is 0.0843. The summed E-state index contributed by atoms with van der Waals surface area (Å²) in [6, 6.07) is 3.29. The average molecular weight is 479 g/mol. The molecule has 1 aromatic heterocycles. The summed E-state index contributed by atoms with van der Waals surface area (Å²) in [6.45, 7) is 1.73. The zero-order valence-electron chi connectivity index (χ0n) is 13.9. The van der Waals surface area contributed by atoms with E-state index in [1.807, 2.05) is 0 Å². The average Bonchev–Trinajstić information content (AvgIpc) is 3.36. The normalized spacial score (nSPS) is 20.3. The zero-order chi connectivity index (χ0) is 18.5. The predicted molar refractivity (Wildman–Crippen MR) is 97.4 cm³/mol. The standard InChI is InChI=1S/C18H18F4IN3/c19-13-9-10(1-5-12(13)18(20,21)22)2-6-14-15-16(23)25-17(11-3-4-11)26(15)8-7-24-14/h1,5,9,11,14,24H,2-4,6-8H2. The second kappa shape index (κ2) is 6.78. The first-order valence-corrected chi connectivity index (χ1v) is 9.77. The molecule has 1 aromatic carbocycles. The molecule has 0 radical (unpaired) electrons. The van der Waals surface area contributed by atoms with Gasteiger partial charge in [0.25, 0.3) is 0 Å². The second-order valence-corrected chi connectivity index (χ2v) is 7.95. The maximum atomic E-state index is 13.8. The summed E-state index contributed by atoms with van der Waals surface area (Å²) in [6.07, 6.45) is -1.08. The number of rotatable bonds is 4. The van der Waals surface area contributed by atoms with Crippen molar-refractivity contribution in [2.45, 2.75) is 50.4 Å². The van der Waals surface area contributed by atoms with Crippen molar-refractivity contribution in [2.75, 3.05) is 6.54 Å². The lowest BCUT2D eigenvalue weighted by molar-refractivity contribution is -0.140. The van der Waals surface area contributed by atoms with E-state index in [2.05, 4.69) is 32.5 Å². The third-order valence-electron chi connectivity index (χ3n) is 5.05. The molecule has 2 aromatic rings. The largest absolute Gasteiger partial charge is 0.419 e. The molecule has 1 N–H and O–H groups in total. The van der Waals surface area contributed by atoms with Crippen molar-refractivity contribution in [3.05, 3.63) is 50.4 Å². The Hall–Kier alpha value is -1.16. The van der Waals surface area contributed by atoms with E-state index in [1.54, 1.807) is 0 Å². The smallest absolute Gasteiger partial charge is 0.328 e. The molecular weight excluding hydrogens is 461 g/mol. The summed E-state index contributed by atoms with van der Waals surface area (Å²) in [5.74, 6) is 0.527. The van der Waals surface area contributed by atoms with E-state index >= 15 is 0 Å². The number of hydrogen-bond acceptors (Lipinski definition) is 2. The summed E-state index contributed by atoms with van der Waals surface area (Å²) in [5.41, 5.74) is 0.524. The fourth-order valence-corrected chi connectivity index (χ4v) is 4.53. The summed E-state index contributed by atoms with van der Waals surface area (Å²) in [5, 5.41) is 3.47. The first-order valence-electron chi connectivity index (χ1n) is 8.69. The number of benzene rings is 1. The van der Waals surface area contributed by atoms with Crippen LogP contribution in [0.3, 0.4) is 0 Å². The Balaban J connectivity index is 1.51. The quantitative estimate of drug-likeness (QED) is 0.505. The van der Waals surface area contributed by atoms with Gasteiger partial charge in [0.2, 0.25) is 0 Å². The summed E-state index contributed by atoms with van der Waals surface area (Å²) >= 11 is 2.26. The maximum absolute atomic E-state index is 13.8. The molecule has 8 heteroatoms. The van der Waals surface area contributed by atoms with E-state index in [-0.39, 0.29) is 6.04 Å². The van der Waals surface area contributed by atoms with Crippen molar-refractivity contribution in [2.24, 2.45) is 0 Å². The van der Waals surface area contributed by atoms with Crippen LogP contribution < -0.4 is 5.32 Å². The number of alkyl halides is 3. The Kier molecular flexibility index (Phi) is 4.75. The fourth-order valence-electron chi connectivity index (χ4n) is 3.61. The molecule has 3 nitrogen and oxygen atoms in total. The van der Waals surface area contributed by atoms with Gasteiger partial charge in [-0.25, -0.2) is 9.37 Å². The molecule has 0 saturated heterocycles. The van der Waals surface area contributed by atoms with Crippen LogP contribution in [-0.4, -0.2) is 16.1 Å². The number of fused-ring (bicyclic) bond motifs is 1. The molecule has 0 amide bonds. The van der Waals surface area contributed by atoms with Gasteiger partial charge in [0.1, 0.15) is 15.3 Å². The van der Waals surface area contributed by atoms with Crippen LogP contribution in [0, 0.1) is 9.52 Å². The van der Waals surface area contributed by atoms with Gasteiger partial charge >= 0.3 is 6.18 Å². The van der Waals surface area contributed by atoms with Gasteiger partial charge in [-0.15, -0.1) is 0 Å². The molecular formula is C18H18F4IN3. The highest BCUT2D eigenvalue weighted by molar-refractivity contribution is 14.1. The third-order valence-corrected chi connectivity index (χ3v) is 5.84. The zero-order valence-corrected chi connectivity index (χ0v) is 16.1. The van der Waals surface area contributed by atoms with Gasteiger partial charge in [0, 0.05) is 19.0 Å². The highest BCUT2D eigenvalue weighted by Crippen LogP contribution is 2.42. The highest BCUT2D eigenvalue weighted by atomic mass is 127. The van der Waals surface area contributed by atoms with Crippen LogP contribution >= 0.6 is 22.6 Å². The number of nitrogens with zero attached hydrogens (tertiary/aromatic N) is 2.